The van der Waals surface area contributed by atoms with Crippen LogP contribution in [0.15, 0.2) is 23.0 Å². The third kappa shape index (κ3) is 3.52. The predicted octanol–water partition coefficient (Wildman–Crippen LogP) is 1.71. The summed E-state index contributed by atoms with van der Waals surface area (Å²) < 4.78 is 3.09. The van der Waals surface area contributed by atoms with E-state index in [2.05, 4.69) is 48.6 Å². The Morgan fingerprint density at radius 2 is 2.47 bits per heavy atom. The van der Waals surface area contributed by atoms with Crippen LogP contribution in [0, 0.1) is 3.57 Å². The fourth-order valence-corrected chi connectivity index (χ4v) is 2.72. The van der Waals surface area contributed by atoms with Gasteiger partial charge in [0.2, 0.25) is 0 Å². The smallest absolute Gasteiger partial charge is 0.128 e. The second kappa shape index (κ2) is 6.50. The van der Waals surface area contributed by atoms with Crippen LogP contribution >= 0.6 is 38.5 Å². The van der Waals surface area contributed by atoms with Crippen LogP contribution in [0.3, 0.4) is 0 Å². The van der Waals surface area contributed by atoms with Gasteiger partial charge in [-0.15, -0.1) is 0 Å². The molecule has 0 aliphatic heterocycles. The van der Waals surface area contributed by atoms with E-state index in [0.717, 1.165) is 3.57 Å². The van der Waals surface area contributed by atoms with Crippen LogP contribution in [-0.2, 0) is 7.05 Å². The summed E-state index contributed by atoms with van der Waals surface area (Å²) in [5, 5.41) is 14.4. The molecule has 0 saturated heterocycles. The molecule has 0 spiro atoms. The maximum Gasteiger partial charge on any atom is 0.128 e. The van der Waals surface area contributed by atoms with Crippen LogP contribution in [0.1, 0.15) is 18.7 Å². The molecule has 94 valence electrons. The molecule has 0 aromatic carbocycles. The molecule has 1 atom stereocenters. The summed E-state index contributed by atoms with van der Waals surface area (Å²) in [5.74, 6) is 0. The van der Waals surface area contributed by atoms with Crippen molar-refractivity contribution in [3.05, 3.63) is 27.2 Å². The molecule has 3 N–H and O–H groups in total. The summed E-state index contributed by atoms with van der Waals surface area (Å²) in [6.07, 6.45) is 2.30. The topological polar surface area (TPSA) is 76.4 Å². The standard InChI is InChI=1S/C10H14BrIN4O/c1-3-14-10(11)6(4-13)9(17)8-7(12)5-16(2)15-8/h4-5,9,17H,3,13H2,1-2H3. The van der Waals surface area contributed by atoms with Crippen molar-refractivity contribution in [2.45, 2.75) is 13.0 Å². The van der Waals surface area contributed by atoms with E-state index in [1.165, 1.54) is 6.20 Å². The molecule has 1 aromatic heterocycles. The first-order valence-corrected chi connectivity index (χ1v) is 6.87. The Kier molecular flexibility index (Phi) is 5.60. The summed E-state index contributed by atoms with van der Waals surface area (Å²) in [6, 6.07) is 0. The van der Waals surface area contributed by atoms with Gasteiger partial charge in [-0.05, 0) is 45.4 Å². The van der Waals surface area contributed by atoms with Gasteiger partial charge in [-0.25, -0.2) is 0 Å². The zero-order chi connectivity index (χ0) is 13.0. The quantitative estimate of drug-likeness (QED) is 0.583. The highest BCUT2D eigenvalue weighted by atomic mass is 127. The van der Waals surface area contributed by atoms with Gasteiger partial charge in [0.15, 0.2) is 0 Å². The molecule has 0 aliphatic rings. The first kappa shape index (κ1) is 14.7. The first-order chi connectivity index (χ1) is 8.01. The maximum atomic E-state index is 10.2. The normalized spacial score (nSPS) is 15.1. The number of aliphatic hydroxyl groups excluding tert-OH is 1. The Labute approximate surface area is 122 Å². The van der Waals surface area contributed by atoms with Crippen LogP contribution in [-0.4, -0.2) is 26.1 Å². The molecule has 17 heavy (non-hydrogen) atoms. The van der Waals surface area contributed by atoms with Crippen molar-refractivity contribution < 1.29 is 5.11 Å². The molecule has 5 nitrogen and oxygen atoms in total. The highest BCUT2D eigenvalue weighted by molar-refractivity contribution is 14.1. The third-order valence-corrected chi connectivity index (χ3v) is 3.62. The lowest BCUT2D eigenvalue weighted by Gasteiger charge is -2.11. The number of aliphatic imine (C=N–C) groups is 1. The molecule has 0 amide bonds. The first-order valence-electron chi connectivity index (χ1n) is 5.00. The summed E-state index contributed by atoms with van der Waals surface area (Å²) >= 11 is 5.42. The highest BCUT2D eigenvalue weighted by Crippen LogP contribution is 2.26. The monoisotopic (exact) mass is 412 g/mol. The minimum Gasteiger partial charge on any atom is -0.404 e. The van der Waals surface area contributed by atoms with Crippen molar-refractivity contribution in [3.63, 3.8) is 0 Å². The lowest BCUT2D eigenvalue weighted by Crippen LogP contribution is -2.11. The molecule has 1 aromatic rings. The Bertz CT molecular complexity index is 455. The Hall–Kier alpha value is -0.410. The van der Waals surface area contributed by atoms with Gasteiger partial charge in [-0.2, -0.15) is 5.10 Å². The zero-order valence-electron chi connectivity index (χ0n) is 9.56. The Morgan fingerprint density at radius 3 is 2.88 bits per heavy atom. The zero-order valence-corrected chi connectivity index (χ0v) is 13.3. The summed E-state index contributed by atoms with van der Waals surface area (Å²) in [6.45, 7) is 2.52. The van der Waals surface area contributed by atoms with Gasteiger partial charge in [0.05, 0.1) is 3.57 Å². The molecule has 7 heteroatoms. The number of nitrogens with zero attached hydrogens (tertiary/aromatic N) is 3. The van der Waals surface area contributed by atoms with Crippen molar-refractivity contribution >= 4 is 43.1 Å². The number of aliphatic hydroxyl groups is 1. The molecule has 0 saturated carbocycles. The van der Waals surface area contributed by atoms with Gasteiger partial charge in [-0.1, -0.05) is 0 Å². The SMILES string of the molecule is CCN=C(Br)C(=CN)C(O)c1nn(C)cc1I. The molecule has 0 fully saturated rings. The van der Waals surface area contributed by atoms with Crippen molar-refractivity contribution in [1.29, 1.82) is 0 Å². The van der Waals surface area contributed by atoms with Crippen molar-refractivity contribution in [2.75, 3.05) is 6.54 Å². The molecule has 1 rings (SSSR count). The minimum absolute atomic E-state index is 0.517. The molecule has 0 radical (unpaired) electrons. The van der Waals surface area contributed by atoms with Gasteiger partial charge >= 0.3 is 0 Å². The van der Waals surface area contributed by atoms with E-state index in [4.69, 9.17) is 5.73 Å². The van der Waals surface area contributed by atoms with E-state index in [0.29, 0.717) is 22.4 Å². The predicted molar refractivity (Wildman–Crippen MR) is 80.1 cm³/mol. The lowest BCUT2D eigenvalue weighted by molar-refractivity contribution is 0.215. The lowest BCUT2D eigenvalue weighted by atomic mass is 10.1. The average molecular weight is 413 g/mol. The molecular weight excluding hydrogens is 399 g/mol. The van der Waals surface area contributed by atoms with Crippen LogP contribution in [0.25, 0.3) is 0 Å². The third-order valence-electron chi connectivity index (χ3n) is 2.08. The van der Waals surface area contributed by atoms with E-state index in [9.17, 15) is 5.11 Å². The number of halogens is 2. The van der Waals surface area contributed by atoms with Crippen LogP contribution < -0.4 is 5.73 Å². The number of hydrogen-bond donors (Lipinski definition) is 2. The van der Waals surface area contributed by atoms with E-state index in [-0.39, 0.29) is 0 Å². The van der Waals surface area contributed by atoms with Crippen molar-refractivity contribution in [2.24, 2.45) is 17.8 Å². The Morgan fingerprint density at radius 1 is 1.82 bits per heavy atom. The van der Waals surface area contributed by atoms with E-state index in [1.54, 1.807) is 11.7 Å². The van der Waals surface area contributed by atoms with Gasteiger partial charge in [-0.3, -0.25) is 9.67 Å². The molecule has 0 aliphatic carbocycles. The maximum absolute atomic E-state index is 10.2. The fourth-order valence-electron chi connectivity index (χ4n) is 1.31. The molecular formula is C10H14BrIN4O. The molecule has 0 bridgehead atoms. The summed E-state index contributed by atoms with van der Waals surface area (Å²) in [7, 11) is 1.80. The van der Waals surface area contributed by atoms with Crippen LogP contribution in [0.2, 0.25) is 0 Å². The number of hydrogen-bond acceptors (Lipinski definition) is 4. The minimum atomic E-state index is -0.877. The highest BCUT2D eigenvalue weighted by Gasteiger charge is 2.21. The van der Waals surface area contributed by atoms with Crippen LogP contribution in [0.4, 0.5) is 0 Å². The van der Waals surface area contributed by atoms with Crippen LogP contribution in [0.5, 0.6) is 0 Å². The number of aromatic nitrogens is 2. The van der Waals surface area contributed by atoms with Gasteiger partial charge in [0, 0.05) is 31.6 Å². The van der Waals surface area contributed by atoms with Gasteiger partial charge in [0.1, 0.15) is 16.4 Å². The van der Waals surface area contributed by atoms with Crippen molar-refractivity contribution in [1.82, 2.24) is 9.78 Å². The molecule has 1 unspecified atom stereocenters. The largest absolute Gasteiger partial charge is 0.404 e. The van der Waals surface area contributed by atoms with E-state index < -0.39 is 6.10 Å². The molecule has 1 heterocycles. The van der Waals surface area contributed by atoms with Gasteiger partial charge in [0.25, 0.3) is 0 Å². The fraction of sp³-hybridized carbons (Fsp3) is 0.400. The Balaban J connectivity index is 3.07. The average Bonchev–Trinajstić information content (AvgIpc) is 2.59. The number of rotatable bonds is 4. The summed E-state index contributed by atoms with van der Waals surface area (Å²) in [5.41, 5.74) is 6.62. The second-order valence-electron chi connectivity index (χ2n) is 3.33. The van der Waals surface area contributed by atoms with Gasteiger partial charge < -0.3 is 10.8 Å². The number of aryl methyl sites for hydroxylation is 1. The second-order valence-corrected chi connectivity index (χ2v) is 5.24. The van der Waals surface area contributed by atoms with E-state index >= 15 is 0 Å². The number of nitrogens with two attached hydrogens (primary N) is 1. The summed E-state index contributed by atoms with van der Waals surface area (Å²) in [4.78, 5) is 4.17. The van der Waals surface area contributed by atoms with Crippen molar-refractivity contribution in [3.8, 4) is 0 Å². The van der Waals surface area contributed by atoms with E-state index in [1.807, 2.05) is 13.1 Å².